The molecular formula is C45H57N9O8S2. The number of benzene rings is 1. The summed E-state index contributed by atoms with van der Waals surface area (Å²) in [5.41, 5.74) is 1.40. The van der Waals surface area contributed by atoms with Gasteiger partial charge >= 0.3 is 0 Å². The Morgan fingerprint density at radius 3 is 2.55 bits per heavy atom. The predicted octanol–water partition coefficient (Wildman–Crippen LogP) is 5.51. The quantitative estimate of drug-likeness (QED) is 0.159. The molecule has 1 saturated heterocycles. The Morgan fingerprint density at radius 1 is 1.06 bits per heavy atom. The molecule has 1 aromatic carbocycles. The molecule has 0 unspecified atom stereocenters. The van der Waals surface area contributed by atoms with E-state index in [-0.39, 0.29) is 43.6 Å². The molecular weight excluding hydrogens is 859 g/mol. The first-order valence-electron chi connectivity index (χ1n) is 22.1. The lowest BCUT2D eigenvalue weighted by molar-refractivity contribution is -0.141. The van der Waals surface area contributed by atoms with E-state index in [1.807, 2.05) is 56.5 Å². The summed E-state index contributed by atoms with van der Waals surface area (Å²) in [5.74, 6) is -1.61. The van der Waals surface area contributed by atoms with Crippen molar-refractivity contribution in [1.82, 2.24) is 45.0 Å². The van der Waals surface area contributed by atoms with Gasteiger partial charge in [0.15, 0.2) is 0 Å². The minimum absolute atomic E-state index is 0.0253. The average Bonchev–Trinajstić information content (AvgIpc) is 3.85. The number of carbonyl (C=O) groups excluding carboxylic acids is 4. The summed E-state index contributed by atoms with van der Waals surface area (Å²) in [5, 5.41) is 13.5. The molecule has 0 bridgehead atoms. The number of allylic oxidation sites excluding steroid dienone is 1. The summed E-state index contributed by atoms with van der Waals surface area (Å²) in [6, 6.07) is 3.15. The molecule has 17 nitrogen and oxygen atoms in total. The van der Waals surface area contributed by atoms with Gasteiger partial charge in [0, 0.05) is 40.8 Å². The van der Waals surface area contributed by atoms with Crippen molar-refractivity contribution < 1.29 is 37.1 Å². The zero-order valence-electron chi connectivity index (χ0n) is 37.3. The number of nitrogens with one attached hydrogen (secondary N) is 3. The van der Waals surface area contributed by atoms with Crippen LogP contribution in [0.15, 0.2) is 42.1 Å². The molecule has 64 heavy (non-hydrogen) atoms. The van der Waals surface area contributed by atoms with Crippen LogP contribution >= 0.6 is 11.3 Å². The molecule has 4 aromatic rings. The third-order valence-electron chi connectivity index (χ3n) is 13.0. The molecule has 5 atom stereocenters. The fraction of sp³-hybridized carbons (Fsp3) is 0.556. The molecule has 2 aliphatic carbocycles. The summed E-state index contributed by atoms with van der Waals surface area (Å²) in [7, 11) is -2.43. The summed E-state index contributed by atoms with van der Waals surface area (Å²) in [6.07, 6.45) is 8.52. The maximum atomic E-state index is 15.0. The molecule has 5 heterocycles. The van der Waals surface area contributed by atoms with Crippen molar-refractivity contribution in [3.8, 4) is 22.2 Å². The number of hydrogen-bond donors (Lipinski definition) is 3. The smallest absolute Gasteiger partial charge is 0.289 e. The Kier molecular flexibility index (Phi) is 12.4. The van der Waals surface area contributed by atoms with Crippen LogP contribution in [0.4, 0.5) is 0 Å². The first kappa shape index (κ1) is 45.1. The molecule has 19 heteroatoms. The van der Waals surface area contributed by atoms with E-state index < -0.39 is 68.0 Å². The molecule has 2 saturated carbocycles. The zero-order valence-corrected chi connectivity index (χ0v) is 39.0. The summed E-state index contributed by atoms with van der Waals surface area (Å²) in [4.78, 5) is 73.2. The van der Waals surface area contributed by atoms with Gasteiger partial charge in [0.25, 0.3) is 11.8 Å². The van der Waals surface area contributed by atoms with E-state index in [1.54, 1.807) is 14.0 Å². The number of hydrogen-bond acceptors (Lipinski definition) is 13. The standard InChI is InChI=1S/C45H57N9O8S2/c1-25(2)33-23-63-41(50-33)32-20-36(30-15-16-35(61-7)27(5)37(30)48-32)62-29-19-34-39(55)51-45(43(58)52-64(59,60)44(6)17-18-44)21-28(45)13-11-9-8-10-12-14-31(42(57)53(34)22-29)49-40(56)38-46-24-47-54(38)26(3)4/h11,13,15-16,20,23-26,28-29,31,34H,8-10,12,14,17-19,21-22H2,1-7H3,(H,49,56)(H,51,55)(H,52,58)/b13-11-/t28-,29-,31+,34+,45-/m1/s1. The normalized spacial score (nSPS) is 25.2. The number of thiazole rings is 1. The second-order valence-corrected chi connectivity index (χ2v) is 21.4. The average molecular weight is 916 g/mol. The second kappa shape index (κ2) is 17.5. The Bertz CT molecular complexity index is 2620. The van der Waals surface area contributed by atoms with Gasteiger partial charge in [-0.15, -0.1) is 11.3 Å². The molecule has 2 aliphatic heterocycles. The van der Waals surface area contributed by atoms with Crippen LogP contribution in [0, 0.1) is 12.8 Å². The van der Waals surface area contributed by atoms with Crippen LogP contribution in [0.3, 0.4) is 0 Å². The van der Waals surface area contributed by atoms with Crippen molar-refractivity contribution in [1.29, 1.82) is 0 Å². The van der Waals surface area contributed by atoms with Gasteiger partial charge in [-0.05, 0) is 84.3 Å². The van der Waals surface area contributed by atoms with Crippen molar-refractivity contribution >= 4 is 55.9 Å². The predicted molar refractivity (Wildman–Crippen MR) is 240 cm³/mol. The largest absolute Gasteiger partial charge is 0.496 e. The van der Waals surface area contributed by atoms with E-state index in [9.17, 15) is 27.6 Å². The van der Waals surface area contributed by atoms with E-state index in [2.05, 4.69) is 39.3 Å². The van der Waals surface area contributed by atoms with Crippen molar-refractivity contribution in [3.05, 3.63) is 59.1 Å². The topological polar surface area (TPSA) is 217 Å². The van der Waals surface area contributed by atoms with Gasteiger partial charge in [-0.1, -0.05) is 38.8 Å². The van der Waals surface area contributed by atoms with E-state index in [0.717, 1.165) is 24.1 Å². The highest BCUT2D eigenvalue weighted by molar-refractivity contribution is 7.91. The zero-order chi connectivity index (χ0) is 45.7. The minimum atomic E-state index is -4.03. The Labute approximate surface area is 377 Å². The van der Waals surface area contributed by atoms with Gasteiger partial charge in [-0.25, -0.2) is 28.1 Å². The third kappa shape index (κ3) is 8.72. The first-order valence-corrected chi connectivity index (χ1v) is 24.5. The van der Waals surface area contributed by atoms with Gasteiger partial charge in [0.05, 0.1) is 29.6 Å². The number of aryl methyl sites for hydroxylation is 1. The van der Waals surface area contributed by atoms with Crippen LogP contribution in [0.25, 0.3) is 21.6 Å². The molecule has 342 valence electrons. The lowest BCUT2D eigenvalue weighted by Gasteiger charge is -2.30. The molecule has 0 radical (unpaired) electrons. The van der Waals surface area contributed by atoms with Crippen LogP contribution in [-0.4, -0.2) is 104 Å². The van der Waals surface area contributed by atoms with Crippen LogP contribution in [-0.2, 0) is 24.4 Å². The number of ether oxygens (including phenoxy) is 2. The van der Waals surface area contributed by atoms with Crippen molar-refractivity contribution in [2.45, 2.75) is 140 Å². The maximum Gasteiger partial charge on any atom is 0.289 e. The first-order chi connectivity index (χ1) is 30.4. The second-order valence-electron chi connectivity index (χ2n) is 18.4. The molecule has 3 N–H and O–H groups in total. The van der Waals surface area contributed by atoms with E-state index in [4.69, 9.17) is 19.4 Å². The minimum Gasteiger partial charge on any atom is -0.496 e. The van der Waals surface area contributed by atoms with Gasteiger partial charge in [-0.2, -0.15) is 5.10 Å². The van der Waals surface area contributed by atoms with Crippen molar-refractivity contribution in [2.75, 3.05) is 13.7 Å². The Morgan fingerprint density at radius 2 is 1.84 bits per heavy atom. The number of rotatable bonds is 11. The number of carbonyl (C=O) groups is 4. The van der Waals surface area contributed by atoms with Crippen LogP contribution < -0.4 is 24.8 Å². The lowest BCUT2D eigenvalue weighted by atomic mass is 10.0. The molecule has 3 fully saturated rings. The molecule has 4 amide bonds. The highest BCUT2D eigenvalue weighted by Crippen LogP contribution is 2.48. The van der Waals surface area contributed by atoms with Crippen molar-refractivity contribution in [3.63, 3.8) is 0 Å². The fourth-order valence-electron chi connectivity index (χ4n) is 8.62. The monoisotopic (exact) mass is 915 g/mol. The van der Waals surface area contributed by atoms with Gasteiger partial charge < -0.3 is 25.0 Å². The molecule has 8 rings (SSSR count). The summed E-state index contributed by atoms with van der Waals surface area (Å²) < 4.78 is 41.9. The maximum absolute atomic E-state index is 15.0. The number of aromatic nitrogens is 5. The third-order valence-corrected chi connectivity index (χ3v) is 16.1. The van der Waals surface area contributed by atoms with Gasteiger partial charge in [-0.3, -0.25) is 23.9 Å². The Hall–Kier alpha value is -5.43. The van der Waals surface area contributed by atoms with Crippen molar-refractivity contribution in [2.24, 2.45) is 5.92 Å². The molecule has 4 aliphatic rings. The highest BCUT2D eigenvalue weighted by Gasteiger charge is 2.63. The number of nitrogens with zero attached hydrogens (tertiary/aromatic N) is 6. The highest BCUT2D eigenvalue weighted by atomic mass is 32.2. The Balaban J connectivity index is 1.16. The summed E-state index contributed by atoms with van der Waals surface area (Å²) >= 11 is 1.47. The van der Waals surface area contributed by atoms with Crippen LogP contribution in [0.5, 0.6) is 11.5 Å². The van der Waals surface area contributed by atoms with E-state index in [1.165, 1.54) is 27.2 Å². The van der Waals surface area contributed by atoms with Crippen LogP contribution in [0.1, 0.15) is 126 Å². The number of sulfonamides is 1. The number of fused-ring (bicyclic) bond motifs is 3. The van der Waals surface area contributed by atoms with E-state index >= 15 is 0 Å². The van der Waals surface area contributed by atoms with Crippen LogP contribution in [0.2, 0.25) is 0 Å². The number of amides is 4. The number of pyridine rings is 1. The summed E-state index contributed by atoms with van der Waals surface area (Å²) in [6.45, 7) is 11.4. The SMILES string of the molecule is COc1ccc2c(O[C@@H]3C[C@H]4C(=O)N[C@]5(C(=O)NS(=O)(=O)C6(C)CC6)C[C@H]5/C=C\CCCCC[C@H](NC(=O)c5ncnn5C(C)C)C(=O)N4C3)cc(-c3nc(C(C)C)cs3)nc2c1C. The number of methoxy groups -OCH3 is 1. The van der Waals surface area contributed by atoms with E-state index in [0.29, 0.717) is 58.8 Å². The molecule has 3 aromatic heterocycles. The van der Waals surface area contributed by atoms with Gasteiger partial charge in [0.1, 0.15) is 52.3 Å². The molecule has 0 spiro atoms. The fourth-order valence-corrected chi connectivity index (χ4v) is 10.9. The lowest BCUT2D eigenvalue weighted by Crippen LogP contribution is -2.58. The van der Waals surface area contributed by atoms with Gasteiger partial charge in [0.2, 0.25) is 27.7 Å².